The van der Waals surface area contributed by atoms with Crippen molar-refractivity contribution in [2.45, 2.75) is 4.90 Å². The minimum absolute atomic E-state index is 0. The van der Waals surface area contributed by atoms with Crippen LogP contribution in [0, 0.1) is 0 Å². The van der Waals surface area contributed by atoms with Crippen LogP contribution < -0.4 is 10.0 Å². The molecule has 2 aromatic rings. The molecule has 20 heavy (non-hydrogen) atoms. The number of thiocarbonyl (C=S) groups is 1. The number of nitrogens with zero attached hydrogens (tertiary/aromatic N) is 2. The Balaban J connectivity index is 0.00000200. The highest BCUT2D eigenvalue weighted by molar-refractivity contribution is 7.92. The predicted molar refractivity (Wildman–Crippen MR) is 83.8 cm³/mol. The van der Waals surface area contributed by atoms with Crippen LogP contribution in [0.25, 0.3) is 0 Å². The van der Waals surface area contributed by atoms with Crippen molar-refractivity contribution in [1.29, 1.82) is 0 Å². The second-order valence-electron chi connectivity index (χ2n) is 3.46. The summed E-state index contributed by atoms with van der Waals surface area (Å²) in [6.45, 7) is 0. The third-order valence-corrected chi connectivity index (χ3v) is 3.64. The van der Waals surface area contributed by atoms with Gasteiger partial charge in [0.05, 0.1) is 10.4 Å². The molecule has 0 atom stereocenters. The van der Waals surface area contributed by atoms with Gasteiger partial charge in [-0.25, -0.2) is 23.1 Å². The van der Waals surface area contributed by atoms with Gasteiger partial charge < -0.3 is 5.32 Å². The molecule has 6 nitrogen and oxygen atoms in total. The van der Waals surface area contributed by atoms with Crippen LogP contribution in [-0.2, 0) is 10.0 Å². The summed E-state index contributed by atoms with van der Waals surface area (Å²) >= 11 is 4.64. The lowest BCUT2D eigenvalue weighted by atomic mass is 10.3. The minimum Gasteiger partial charge on any atom is -0.353 e. The minimum atomic E-state index is -3.68. The van der Waals surface area contributed by atoms with Gasteiger partial charge in [0.15, 0.2) is 0 Å². The van der Waals surface area contributed by atoms with E-state index in [4.69, 9.17) is 0 Å². The average molecular weight is 331 g/mol. The summed E-state index contributed by atoms with van der Waals surface area (Å²) in [6, 6.07) is 7.76. The molecule has 1 aromatic heterocycles. The molecule has 0 aliphatic heterocycles. The van der Waals surface area contributed by atoms with Crippen molar-refractivity contribution >= 4 is 51.8 Å². The van der Waals surface area contributed by atoms with Gasteiger partial charge in [-0.1, -0.05) is 12.2 Å². The monoisotopic (exact) mass is 330 g/mol. The van der Waals surface area contributed by atoms with Crippen molar-refractivity contribution in [3.8, 4) is 0 Å². The molecule has 0 radical (unpaired) electrons. The van der Waals surface area contributed by atoms with E-state index in [0.717, 1.165) is 0 Å². The van der Waals surface area contributed by atoms with Gasteiger partial charge in [-0.15, -0.1) is 12.4 Å². The molecule has 0 bridgehead atoms. The first kappa shape index (κ1) is 16.3. The Bertz CT molecular complexity index is 663. The van der Waals surface area contributed by atoms with Gasteiger partial charge >= 0.3 is 0 Å². The Morgan fingerprint density at radius 3 is 2.25 bits per heavy atom. The zero-order chi connectivity index (χ0) is 13.7. The summed E-state index contributed by atoms with van der Waals surface area (Å²) in [5, 5.41) is 2.79. The number of hydrogen-bond donors (Lipinski definition) is 2. The predicted octanol–water partition coefficient (Wildman–Crippen LogP) is 2.07. The molecule has 9 heteroatoms. The molecule has 0 amide bonds. The van der Waals surface area contributed by atoms with E-state index in [1.165, 1.54) is 30.0 Å². The number of anilines is 2. The summed E-state index contributed by atoms with van der Waals surface area (Å²) in [5.41, 5.74) is 2.06. The summed E-state index contributed by atoms with van der Waals surface area (Å²) < 4.78 is 26.3. The van der Waals surface area contributed by atoms with Crippen molar-refractivity contribution in [3.63, 3.8) is 0 Å². The number of aromatic nitrogens is 2. The lowest BCUT2D eigenvalue weighted by Crippen LogP contribution is -2.14. The van der Waals surface area contributed by atoms with Gasteiger partial charge in [-0.2, -0.15) is 0 Å². The van der Waals surface area contributed by atoms with E-state index in [-0.39, 0.29) is 23.3 Å². The van der Waals surface area contributed by atoms with Crippen LogP contribution in [-0.4, -0.2) is 23.9 Å². The van der Waals surface area contributed by atoms with Crippen LogP contribution in [0.4, 0.5) is 11.6 Å². The molecule has 0 aliphatic rings. The van der Waals surface area contributed by atoms with Crippen LogP contribution in [0.2, 0.25) is 0 Å². The zero-order valence-corrected chi connectivity index (χ0v) is 12.5. The summed E-state index contributed by atoms with van der Waals surface area (Å²) in [5.74, 6) is 0.0311. The van der Waals surface area contributed by atoms with Crippen molar-refractivity contribution in [1.82, 2.24) is 9.97 Å². The van der Waals surface area contributed by atoms with Crippen LogP contribution in [0.5, 0.6) is 0 Å². The first-order valence-electron chi connectivity index (χ1n) is 5.22. The maximum absolute atomic E-state index is 12.0. The molecule has 2 rings (SSSR count). The molecular formula is C11H11ClN4O2S2. The van der Waals surface area contributed by atoms with Gasteiger partial charge in [-0.05, 0) is 30.3 Å². The molecule has 1 heterocycles. The van der Waals surface area contributed by atoms with E-state index in [2.05, 4.69) is 32.2 Å². The molecule has 2 N–H and O–H groups in total. The maximum atomic E-state index is 12.0. The van der Waals surface area contributed by atoms with Gasteiger partial charge in [0, 0.05) is 18.1 Å². The van der Waals surface area contributed by atoms with Crippen molar-refractivity contribution in [3.05, 3.63) is 42.7 Å². The zero-order valence-electron chi connectivity index (χ0n) is 10.1. The number of rotatable bonds is 5. The van der Waals surface area contributed by atoms with E-state index in [1.807, 2.05) is 0 Å². The number of nitrogens with one attached hydrogen (secondary N) is 2. The molecule has 0 aliphatic carbocycles. The Labute approximate surface area is 128 Å². The Hall–Kier alpha value is -1.77. The first-order chi connectivity index (χ1) is 9.12. The van der Waals surface area contributed by atoms with E-state index < -0.39 is 10.0 Å². The highest BCUT2D eigenvalue weighted by atomic mass is 35.5. The lowest BCUT2D eigenvalue weighted by Gasteiger charge is -2.07. The van der Waals surface area contributed by atoms with Crippen LogP contribution in [0.3, 0.4) is 0 Å². The largest absolute Gasteiger partial charge is 0.353 e. The van der Waals surface area contributed by atoms with Crippen molar-refractivity contribution in [2.75, 3.05) is 10.0 Å². The smallest absolute Gasteiger partial charge is 0.264 e. The van der Waals surface area contributed by atoms with Crippen LogP contribution in [0.1, 0.15) is 0 Å². The fraction of sp³-hybridized carbons (Fsp3) is 0. The average Bonchev–Trinajstić information content (AvgIpc) is 2.40. The number of halogens is 1. The summed E-state index contributed by atoms with van der Waals surface area (Å²) in [7, 11) is -3.68. The Kier molecular flexibility index (Phi) is 5.81. The Morgan fingerprint density at radius 2 is 1.70 bits per heavy atom. The molecule has 0 fully saturated rings. The van der Waals surface area contributed by atoms with Crippen LogP contribution >= 0.6 is 24.6 Å². The molecule has 106 valence electrons. The van der Waals surface area contributed by atoms with Gasteiger partial charge in [0.1, 0.15) is 0 Å². The van der Waals surface area contributed by atoms with Gasteiger partial charge in [-0.3, -0.25) is 0 Å². The normalized spacial score (nSPS) is 10.2. The van der Waals surface area contributed by atoms with Gasteiger partial charge in [0.25, 0.3) is 10.0 Å². The molecular weight excluding hydrogens is 320 g/mol. The molecule has 1 aromatic carbocycles. The molecule has 0 unspecified atom stereocenters. The first-order valence-corrected chi connectivity index (χ1v) is 7.17. The standard InChI is InChI=1S/C11H10N4O2S2.ClH/c16-19(17,15-11-12-6-1-7-13-11)10-4-2-9(3-5-10)14-8-18;/h1-8H,(H,14,18)(H,12,13,15);1H. The van der Waals surface area contributed by atoms with E-state index in [9.17, 15) is 8.42 Å². The van der Waals surface area contributed by atoms with Crippen LogP contribution in [0.15, 0.2) is 47.6 Å². The topological polar surface area (TPSA) is 84.0 Å². The summed E-state index contributed by atoms with van der Waals surface area (Å²) in [4.78, 5) is 7.73. The highest BCUT2D eigenvalue weighted by Gasteiger charge is 2.14. The molecule has 0 spiro atoms. The van der Waals surface area contributed by atoms with Crippen molar-refractivity contribution in [2.24, 2.45) is 0 Å². The second-order valence-corrected chi connectivity index (χ2v) is 5.38. The quantitative estimate of drug-likeness (QED) is 0.816. The second kappa shape index (κ2) is 7.13. The molecule has 0 saturated heterocycles. The molecule has 0 saturated carbocycles. The van der Waals surface area contributed by atoms with Gasteiger partial charge in [0.2, 0.25) is 5.95 Å². The van der Waals surface area contributed by atoms with E-state index in [1.54, 1.807) is 18.2 Å². The third kappa shape index (κ3) is 4.12. The van der Waals surface area contributed by atoms with E-state index >= 15 is 0 Å². The lowest BCUT2D eigenvalue weighted by molar-refractivity contribution is 0.601. The SMILES string of the molecule is Cl.O=S(=O)(Nc1ncccn1)c1ccc(NC=S)cc1. The number of hydrogen-bond acceptors (Lipinski definition) is 5. The fourth-order valence-corrected chi connectivity index (χ4v) is 2.42. The Morgan fingerprint density at radius 1 is 1.10 bits per heavy atom. The number of benzene rings is 1. The number of sulfonamides is 1. The van der Waals surface area contributed by atoms with Crippen molar-refractivity contribution < 1.29 is 8.42 Å². The van der Waals surface area contributed by atoms with E-state index in [0.29, 0.717) is 5.69 Å². The third-order valence-electron chi connectivity index (χ3n) is 2.18. The maximum Gasteiger partial charge on any atom is 0.264 e. The summed E-state index contributed by atoms with van der Waals surface area (Å²) in [6.07, 6.45) is 2.91. The highest BCUT2D eigenvalue weighted by Crippen LogP contribution is 2.15. The fourth-order valence-electron chi connectivity index (χ4n) is 1.33.